The predicted molar refractivity (Wildman–Crippen MR) is 53.3 cm³/mol. The highest BCUT2D eigenvalue weighted by Crippen LogP contribution is 2.06. The number of aliphatic imine (C=N–C) groups is 1. The fraction of sp³-hybridized carbons (Fsp3) is 0.333. The molecule has 68 valence electrons. The van der Waals surface area contributed by atoms with Gasteiger partial charge in [0.2, 0.25) is 0 Å². The van der Waals surface area contributed by atoms with Crippen molar-refractivity contribution < 1.29 is 0 Å². The fourth-order valence-corrected chi connectivity index (χ4v) is 1.38. The summed E-state index contributed by atoms with van der Waals surface area (Å²) in [6, 6.07) is 3.77. The maximum atomic E-state index is 5.67. The van der Waals surface area contributed by atoms with Crippen LogP contribution in [0.1, 0.15) is 5.56 Å². The number of nitrogens with one attached hydrogen (secondary N) is 1. The molecule has 1 aliphatic rings. The first-order valence-electron chi connectivity index (χ1n) is 4.22. The summed E-state index contributed by atoms with van der Waals surface area (Å²) < 4.78 is 0. The Labute approximate surface area is 81.9 Å². The van der Waals surface area contributed by atoms with Crippen molar-refractivity contribution in [2.45, 2.75) is 6.42 Å². The molecular formula is C9H10ClN3. The van der Waals surface area contributed by atoms with Crippen LogP contribution in [0.4, 0.5) is 0 Å². The molecule has 0 radical (unpaired) electrons. The highest BCUT2D eigenvalue weighted by Gasteiger charge is 2.05. The standard InChI is InChI=1S/C9H10ClN3/c10-8-2-1-7(6-13-8)5-9-11-3-4-12-9/h1-2,6H,3-5H2,(H,11,12). The van der Waals surface area contributed by atoms with Crippen molar-refractivity contribution in [3.63, 3.8) is 0 Å². The highest BCUT2D eigenvalue weighted by atomic mass is 35.5. The Morgan fingerprint density at radius 3 is 3.00 bits per heavy atom. The number of rotatable bonds is 2. The first-order valence-corrected chi connectivity index (χ1v) is 4.60. The van der Waals surface area contributed by atoms with E-state index < -0.39 is 0 Å². The van der Waals surface area contributed by atoms with Crippen molar-refractivity contribution in [1.82, 2.24) is 10.3 Å². The van der Waals surface area contributed by atoms with Gasteiger partial charge in [0.15, 0.2) is 0 Å². The largest absolute Gasteiger partial charge is 0.372 e. The topological polar surface area (TPSA) is 37.3 Å². The molecule has 3 nitrogen and oxygen atoms in total. The van der Waals surface area contributed by atoms with Gasteiger partial charge in [-0.05, 0) is 11.6 Å². The van der Waals surface area contributed by atoms with Gasteiger partial charge in [0, 0.05) is 19.2 Å². The van der Waals surface area contributed by atoms with E-state index in [1.165, 1.54) is 0 Å². The van der Waals surface area contributed by atoms with Gasteiger partial charge in [-0.1, -0.05) is 17.7 Å². The fourth-order valence-electron chi connectivity index (χ4n) is 1.27. The van der Waals surface area contributed by atoms with Crippen molar-refractivity contribution in [3.8, 4) is 0 Å². The molecule has 1 aromatic rings. The Balaban J connectivity index is 2.05. The van der Waals surface area contributed by atoms with E-state index >= 15 is 0 Å². The Hall–Kier alpha value is -1.09. The van der Waals surface area contributed by atoms with Crippen molar-refractivity contribution in [2.75, 3.05) is 13.1 Å². The molecule has 0 bridgehead atoms. The van der Waals surface area contributed by atoms with Crippen LogP contribution in [-0.4, -0.2) is 23.9 Å². The molecule has 0 saturated carbocycles. The van der Waals surface area contributed by atoms with Gasteiger partial charge in [-0.15, -0.1) is 0 Å². The van der Waals surface area contributed by atoms with Crippen LogP contribution in [0.5, 0.6) is 0 Å². The molecule has 0 atom stereocenters. The molecule has 4 heteroatoms. The molecule has 1 aromatic heterocycles. The Kier molecular flexibility index (Phi) is 2.45. The number of hydrogen-bond donors (Lipinski definition) is 1. The van der Waals surface area contributed by atoms with Gasteiger partial charge in [0.1, 0.15) is 11.0 Å². The minimum Gasteiger partial charge on any atom is -0.372 e. The molecule has 0 aromatic carbocycles. The zero-order valence-electron chi connectivity index (χ0n) is 7.13. The van der Waals surface area contributed by atoms with E-state index in [1.807, 2.05) is 6.07 Å². The molecule has 0 fully saturated rings. The number of amidine groups is 1. The third-order valence-corrected chi connectivity index (χ3v) is 2.13. The maximum absolute atomic E-state index is 5.67. The second-order valence-electron chi connectivity index (χ2n) is 2.92. The average molecular weight is 196 g/mol. The van der Waals surface area contributed by atoms with Crippen LogP contribution in [-0.2, 0) is 6.42 Å². The predicted octanol–water partition coefficient (Wildman–Crippen LogP) is 1.28. The third-order valence-electron chi connectivity index (χ3n) is 1.90. The lowest BCUT2D eigenvalue weighted by atomic mass is 10.2. The van der Waals surface area contributed by atoms with Gasteiger partial charge in [0.05, 0.1) is 6.54 Å². The summed E-state index contributed by atoms with van der Waals surface area (Å²) in [5.74, 6) is 1.05. The van der Waals surface area contributed by atoms with Gasteiger partial charge < -0.3 is 5.32 Å². The van der Waals surface area contributed by atoms with E-state index in [4.69, 9.17) is 11.6 Å². The van der Waals surface area contributed by atoms with E-state index in [2.05, 4.69) is 15.3 Å². The van der Waals surface area contributed by atoms with E-state index in [0.29, 0.717) is 5.15 Å². The molecule has 2 rings (SSSR count). The minimum atomic E-state index is 0.532. The summed E-state index contributed by atoms with van der Waals surface area (Å²) in [5.41, 5.74) is 1.14. The monoisotopic (exact) mass is 195 g/mol. The molecule has 13 heavy (non-hydrogen) atoms. The van der Waals surface area contributed by atoms with Crippen molar-refractivity contribution in [3.05, 3.63) is 29.0 Å². The average Bonchev–Trinajstić information content (AvgIpc) is 2.62. The molecule has 0 amide bonds. The first-order chi connectivity index (χ1) is 6.34. The summed E-state index contributed by atoms with van der Waals surface area (Å²) in [7, 11) is 0. The number of pyridine rings is 1. The van der Waals surface area contributed by atoms with Crippen LogP contribution in [0, 0.1) is 0 Å². The summed E-state index contributed by atoms with van der Waals surface area (Å²) in [6.45, 7) is 1.84. The molecule has 0 spiro atoms. The van der Waals surface area contributed by atoms with Gasteiger partial charge in [0.25, 0.3) is 0 Å². The van der Waals surface area contributed by atoms with Gasteiger partial charge in [-0.3, -0.25) is 4.99 Å². The molecule has 2 heterocycles. The maximum Gasteiger partial charge on any atom is 0.129 e. The molecule has 1 N–H and O–H groups in total. The van der Waals surface area contributed by atoms with E-state index in [-0.39, 0.29) is 0 Å². The van der Waals surface area contributed by atoms with Gasteiger partial charge in [-0.2, -0.15) is 0 Å². The quantitative estimate of drug-likeness (QED) is 0.722. The van der Waals surface area contributed by atoms with Gasteiger partial charge in [-0.25, -0.2) is 4.98 Å². The highest BCUT2D eigenvalue weighted by molar-refractivity contribution is 6.29. The molecule has 0 saturated heterocycles. The van der Waals surface area contributed by atoms with E-state index in [0.717, 1.165) is 30.9 Å². The number of halogens is 1. The second-order valence-corrected chi connectivity index (χ2v) is 3.31. The lowest BCUT2D eigenvalue weighted by molar-refractivity contribution is 0.953. The molecule has 0 unspecified atom stereocenters. The zero-order valence-corrected chi connectivity index (χ0v) is 7.88. The van der Waals surface area contributed by atoms with Crippen molar-refractivity contribution in [1.29, 1.82) is 0 Å². The zero-order chi connectivity index (χ0) is 9.10. The third kappa shape index (κ3) is 2.18. The summed E-state index contributed by atoms with van der Waals surface area (Å²) >= 11 is 5.67. The Morgan fingerprint density at radius 2 is 2.38 bits per heavy atom. The van der Waals surface area contributed by atoms with Crippen LogP contribution in [0.3, 0.4) is 0 Å². The van der Waals surface area contributed by atoms with Crippen LogP contribution in [0.2, 0.25) is 5.15 Å². The normalized spacial score (nSPS) is 15.3. The minimum absolute atomic E-state index is 0.532. The molecular weight excluding hydrogens is 186 g/mol. The molecule has 0 aliphatic carbocycles. The summed E-state index contributed by atoms with van der Waals surface area (Å²) in [5, 5.41) is 3.74. The van der Waals surface area contributed by atoms with Gasteiger partial charge >= 0.3 is 0 Å². The molecule has 1 aliphatic heterocycles. The SMILES string of the molecule is Clc1ccc(CC2=NCCN2)cn1. The lowest BCUT2D eigenvalue weighted by Crippen LogP contribution is -2.20. The van der Waals surface area contributed by atoms with E-state index in [9.17, 15) is 0 Å². The number of nitrogens with zero attached hydrogens (tertiary/aromatic N) is 2. The summed E-state index contributed by atoms with van der Waals surface area (Å²) in [6.07, 6.45) is 2.61. The van der Waals surface area contributed by atoms with Crippen molar-refractivity contribution >= 4 is 17.4 Å². The first kappa shape index (κ1) is 8.51. The van der Waals surface area contributed by atoms with Crippen LogP contribution >= 0.6 is 11.6 Å². The number of aromatic nitrogens is 1. The second kappa shape index (κ2) is 3.75. The van der Waals surface area contributed by atoms with E-state index in [1.54, 1.807) is 12.3 Å². The van der Waals surface area contributed by atoms with Crippen LogP contribution < -0.4 is 5.32 Å². The number of hydrogen-bond acceptors (Lipinski definition) is 3. The smallest absolute Gasteiger partial charge is 0.129 e. The Morgan fingerprint density at radius 1 is 1.46 bits per heavy atom. The summed E-state index contributed by atoms with van der Waals surface area (Å²) in [4.78, 5) is 8.30. The lowest BCUT2D eigenvalue weighted by Gasteiger charge is -2.01. The van der Waals surface area contributed by atoms with Crippen LogP contribution in [0.15, 0.2) is 23.3 Å². The van der Waals surface area contributed by atoms with Crippen LogP contribution in [0.25, 0.3) is 0 Å². The van der Waals surface area contributed by atoms with Crippen molar-refractivity contribution in [2.24, 2.45) is 4.99 Å². The Bertz CT molecular complexity index is 318.